The van der Waals surface area contributed by atoms with Gasteiger partial charge in [0.2, 0.25) is 0 Å². The predicted octanol–water partition coefficient (Wildman–Crippen LogP) is 4.33. The largest absolute Gasteiger partial charge is 0.493 e. The predicted molar refractivity (Wildman–Crippen MR) is 152 cm³/mol. The van der Waals surface area contributed by atoms with Gasteiger partial charge in [0.1, 0.15) is 6.61 Å². The van der Waals surface area contributed by atoms with Crippen molar-refractivity contribution in [2.75, 3.05) is 26.8 Å². The Morgan fingerprint density at radius 3 is 2.53 bits per heavy atom. The average Bonchev–Trinajstić information content (AvgIpc) is 3.22. The van der Waals surface area contributed by atoms with Crippen LogP contribution in [0.2, 0.25) is 5.02 Å². The molecule has 0 aliphatic carbocycles. The Bertz CT molecular complexity index is 1570. The van der Waals surface area contributed by atoms with Gasteiger partial charge in [-0.05, 0) is 62.2 Å². The highest BCUT2D eigenvalue weighted by molar-refractivity contribution is 7.07. The molecule has 1 aliphatic rings. The summed E-state index contributed by atoms with van der Waals surface area (Å²) in [5, 5.41) is 0.577. The number of fused-ring (bicyclic) bond motifs is 1. The minimum absolute atomic E-state index is 0.134. The molecule has 0 bridgehead atoms. The second kappa shape index (κ2) is 11.8. The number of nitrogens with zero attached hydrogens (tertiary/aromatic N) is 3. The van der Waals surface area contributed by atoms with Crippen LogP contribution in [0.15, 0.2) is 76.2 Å². The van der Waals surface area contributed by atoms with Crippen molar-refractivity contribution >= 4 is 34.9 Å². The monoisotopic (exact) mass is 551 g/mol. The van der Waals surface area contributed by atoms with Gasteiger partial charge < -0.3 is 14.4 Å². The number of hydrogen-bond acceptors (Lipinski definition) is 6. The number of hydrogen-bond donors (Lipinski definition) is 0. The molecule has 1 atom stereocenters. The summed E-state index contributed by atoms with van der Waals surface area (Å²) in [7, 11) is 1.57. The summed E-state index contributed by atoms with van der Waals surface area (Å²) in [5.74, 6) is 1.00. The Hall–Kier alpha value is -3.62. The standard InChI is InChI=1S/C29H30ClN3O4S/c1-6-15-37-22-14-9-19(16-23(22)36-5)17-24-27(34)33-26(20-10-12-21(30)13-11-20)25(18(4)31-29(33)38-24)28(35)32(7-2)8-3/h6,9-14,16-17,26H,1,7-8,15H2,2-5H3/b24-17+/t26-/m1/s1. The summed E-state index contributed by atoms with van der Waals surface area (Å²) >= 11 is 7.45. The van der Waals surface area contributed by atoms with Crippen LogP contribution in [0, 0.1) is 0 Å². The molecule has 0 saturated heterocycles. The SMILES string of the molecule is C=CCOc1ccc(/C=c2/sc3n(c2=O)[C@H](c2ccc(Cl)cc2)C(C(=O)N(CC)CC)=C(C)N=3)cc1OC. The number of carbonyl (C=O) groups excluding carboxylic acids is 1. The summed E-state index contributed by atoms with van der Waals surface area (Å²) < 4.78 is 13.2. The molecule has 0 spiro atoms. The number of aromatic nitrogens is 1. The number of allylic oxidation sites excluding steroid dienone is 1. The number of amides is 1. The molecule has 198 valence electrons. The number of methoxy groups -OCH3 is 1. The Morgan fingerprint density at radius 1 is 1.18 bits per heavy atom. The molecule has 1 amide bonds. The van der Waals surface area contributed by atoms with Gasteiger partial charge in [0.15, 0.2) is 16.3 Å². The van der Waals surface area contributed by atoms with Gasteiger partial charge in [-0.2, -0.15) is 0 Å². The van der Waals surface area contributed by atoms with Crippen molar-refractivity contribution in [1.29, 1.82) is 0 Å². The van der Waals surface area contributed by atoms with Crippen LogP contribution in [0.1, 0.15) is 37.9 Å². The Kier molecular flexibility index (Phi) is 8.54. The maximum absolute atomic E-state index is 13.9. The van der Waals surface area contributed by atoms with Crippen molar-refractivity contribution < 1.29 is 14.3 Å². The van der Waals surface area contributed by atoms with Crippen LogP contribution < -0.4 is 24.4 Å². The number of rotatable bonds is 9. The number of thiazole rings is 1. The van der Waals surface area contributed by atoms with E-state index in [2.05, 4.69) is 6.58 Å². The van der Waals surface area contributed by atoms with Crippen molar-refractivity contribution in [2.45, 2.75) is 26.8 Å². The molecule has 9 heteroatoms. The molecular formula is C29H30ClN3O4S. The maximum Gasteiger partial charge on any atom is 0.271 e. The first-order valence-electron chi connectivity index (χ1n) is 12.3. The van der Waals surface area contributed by atoms with E-state index in [0.717, 1.165) is 11.1 Å². The maximum atomic E-state index is 13.9. The summed E-state index contributed by atoms with van der Waals surface area (Å²) in [5.41, 5.74) is 2.42. The van der Waals surface area contributed by atoms with Crippen LogP contribution in [0.5, 0.6) is 11.5 Å². The average molecular weight is 552 g/mol. The van der Waals surface area contributed by atoms with Gasteiger partial charge in [0, 0.05) is 18.1 Å². The molecule has 0 unspecified atom stereocenters. The third-order valence-electron chi connectivity index (χ3n) is 6.33. The van der Waals surface area contributed by atoms with E-state index in [1.54, 1.807) is 46.9 Å². The first-order valence-corrected chi connectivity index (χ1v) is 13.5. The topological polar surface area (TPSA) is 73.1 Å². The van der Waals surface area contributed by atoms with Crippen LogP contribution in [-0.4, -0.2) is 42.2 Å². The zero-order chi connectivity index (χ0) is 27.4. The summed E-state index contributed by atoms with van der Waals surface area (Å²) in [4.78, 5) is 34.5. The summed E-state index contributed by atoms with van der Waals surface area (Å²) in [6, 6.07) is 12.1. The summed E-state index contributed by atoms with van der Waals surface area (Å²) in [6.07, 6.45) is 3.46. The second-order valence-electron chi connectivity index (χ2n) is 8.62. The van der Waals surface area contributed by atoms with E-state index in [1.807, 2.05) is 45.0 Å². The fraction of sp³-hybridized carbons (Fsp3) is 0.276. The third-order valence-corrected chi connectivity index (χ3v) is 7.57. The number of halogens is 1. The van der Waals surface area contributed by atoms with E-state index in [9.17, 15) is 9.59 Å². The van der Waals surface area contributed by atoms with E-state index in [1.165, 1.54) is 11.3 Å². The Balaban J connectivity index is 1.89. The van der Waals surface area contributed by atoms with Crippen molar-refractivity contribution in [3.05, 3.63) is 102 Å². The molecule has 1 aromatic heterocycles. The lowest BCUT2D eigenvalue weighted by Crippen LogP contribution is -2.43. The normalized spacial score (nSPS) is 15.1. The van der Waals surface area contributed by atoms with Gasteiger partial charge in [-0.15, -0.1) is 0 Å². The first-order chi connectivity index (χ1) is 18.3. The smallest absolute Gasteiger partial charge is 0.271 e. The Labute approximate surface area is 230 Å². The number of likely N-dealkylation sites (N-methyl/N-ethyl adjacent to an activating group) is 1. The molecule has 0 fully saturated rings. The highest BCUT2D eigenvalue weighted by Crippen LogP contribution is 2.32. The van der Waals surface area contributed by atoms with Crippen molar-refractivity contribution in [1.82, 2.24) is 9.47 Å². The molecule has 0 N–H and O–H groups in total. The van der Waals surface area contributed by atoms with Crippen molar-refractivity contribution in [3.63, 3.8) is 0 Å². The van der Waals surface area contributed by atoms with Crippen molar-refractivity contribution in [2.24, 2.45) is 4.99 Å². The lowest BCUT2D eigenvalue weighted by atomic mass is 9.94. The molecule has 4 rings (SSSR count). The molecule has 0 saturated carbocycles. The van der Waals surface area contributed by atoms with Crippen LogP contribution in [0.3, 0.4) is 0 Å². The molecule has 3 aromatic rings. The zero-order valence-corrected chi connectivity index (χ0v) is 23.4. The first kappa shape index (κ1) is 27.4. The van der Waals surface area contributed by atoms with Gasteiger partial charge in [-0.25, -0.2) is 4.99 Å². The molecule has 2 aromatic carbocycles. The lowest BCUT2D eigenvalue weighted by Gasteiger charge is -2.29. The molecule has 0 radical (unpaired) electrons. The minimum Gasteiger partial charge on any atom is -0.493 e. The number of ether oxygens (including phenoxy) is 2. The molecule has 1 aliphatic heterocycles. The van der Waals surface area contributed by atoms with E-state index < -0.39 is 6.04 Å². The number of benzene rings is 2. The van der Waals surface area contributed by atoms with E-state index in [0.29, 0.717) is 56.8 Å². The van der Waals surface area contributed by atoms with Crippen LogP contribution >= 0.6 is 22.9 Å². The molecule has 2 heterocycles. The van der Waals surface area contributed by atoms with Crippen LogP contribution in [0.25, 0.3) is 6.08 Å². The molecule has 38 heavy (non-hydrogen) atoms. The minimum atomic E-state index is -0.622. The summed E-state index contributed by atoms with van der Waals surface area (Å²) in [6.45, 7) is 10.8. The fourth-order valence-corrected chi connectivity index (χ4v) is 5.60. The highest BCUT2D eigenvalue weighted by atomic mass is 35.5. The highest BCUT2D eigenvalue weighted by Gasteiger charge is 2.34. The quantitative estimate of drug-likeness (QED) is 0.371. The Morgan fingerprint density at radius 2 is 1.89 bits per heavy atom. The van der Waals surface area contributed by atoms with E-state index >= 15 is 0 Å². The van der Waals surface area contributed by atoms with Crippen LogP contribution in [0.4, 0.5) is 0 Å². The lowest BCUT2D eigenvalue weighted by molar-refractivity contribution is -0.127. The van der Waals surface area contributed by atoms with Gasteiger partial charge in [0.25, 0.3) is 11.5 Å². The zero-order valence-electron chi connectivity index (χ0n) is 21.9. The van der Waals surface area contributed by atoms with Gasteiger partial charge >= 0.3 is 0 Å². The van der Waals surface area contributed by atoms with Crippen molar-refractivity contribution in [3.8, 4) is 11.5 Å². The second-order valence-corrected chi connectivity index (χ2v) is 10.1. The van der Waals surface area contributed by atoms with Gasteiger partial charge in [-0.1, -0.05) is 53.8 Å². The van der Waals surface area contributed by atoms with Crippen LogP contribution in [-0.2, 0) is 4.79 Å². The van der Waals surface area contributed by atoms with E-state index in [4.69, 9.17) is 26.1 Å². The molecule has 7 nitrogen and oxygen atoms in total. The van der Waals surface area contributed by atoms with Gasteiger partial charge in [-0.3, -0.25) is 14.2 Å². The molecular weight excluding hydrogens is 522 g/mol. The fourth-order valence-electron chi connectivity index (χ4n) is 4.43. The number of carbonyl (C=O) groups is 1. The van der Waals surface area contributed by atoms with Gasteiger partial charge in [0.05, 0.1) is 29.0 Å². The third kappa shape index (κ3) is 5.33. The van der Waals surface area contributed by atoms with E-state index in [-0.39, 0.29) is 11.5 Å².